The molecular weight excluding hydrogens is 443 g/mol. The van der Waals surface area contributed by atoms with Gasteiger partial charge < -0.3 is 19.6 Å². The van der Waals surface area contributed by atoms with Crippen molar-refractivity contribution in [2.24, 2.45) is 12.0 Å². The van der Waals surface area contributed by atoms with Gasteiger partial charge in [0.1, 0.15) is 12.1 Å². The number of rotatable bonds is 5. The molecule has 0 aliphatic carbocycles. The fourth-order valence-corrected chi connectivity index (χ4v) is 2.34. The summed E-state index contributed by atoms with van der Waals surface area (Å²) in [6.45, 7) is 3.17. The standard InChI is InChI=1S/C18H22N6O.HI/c1-13-4-6-14(7-5-13)17-23-15(12-25-17)10-21-18(19-2)22-11-16-20-8-9-24(16)3;/h4-9,12H,10-11H2,1-3H3,(H2,19,21,22);1H. The maximum absolute atomic E-state index is 5.57. The van der Waals surface area contributed by atoms with Crippen LogP contribution in [-0.2, 0) is 20.1 Å². The molecule has 0 saturated heterocycles. The fourth-order valence-electron chi connectivity index (χ4n) is 2.34. The van der Waals surface area contributed by atoms with Crippen LogP contribution in [0, 0.1) is 6.92 Å². The third-order valence-corrected chi connectivity index (χ3v) is 3.85. The van der Waals surface area contributed by atoms with Gasteiger partial charge in [0.05, 0.1) is 18.8 Å². The first-order valence-corrected chi connectivity index (χ1v) is 8.08. The molecule has 2 N–H and O–H groups in total. The molecule has 3 aromatic rings. The normalized spacial score (nSPS) is 11.1. The number of hydrogen-bond donors (Lipinski definition) is 2. The lowest BCUT2D eigenvalue weighted by Gasteiger charge is -2.10. The lowest BCUT2D eigenvalue weighted by molar-refractivity contribution is 0.572. The first-order valence-electron chi connectivity index (χ1n) is 8.08. The van der Waals surface area contributed by atoms with Crippen molar-refractivity contribution in [1.29, 1.82) is 0 Å². The van der Waals surface area contributed by atoms with Gasteiger partial charge in [0.15, 0.2) is 5.96 Å². The van der Waals surface area contributed by atoms with Crippen molar-refractivity contribution in [1.82, 2.24) is 25.2 Å². The Morgan fingerprint density at radius 1 is 1.19 bits per heavy atom. The van der Waals surface area contributed by atoms with Crippen molar-refractivity contribution in [3.8, 4) is 11.5 Å². The minimum atomic E-state index is 0. The summed E-state index contributed by atoms with van der Waals surface area (Å²) in [5.74, 6) is 2.24. The summed E-state index contributed by atoms with van der Waals surface area (Å²) in [4.78, 5) is 13.0. The number of nitrogens with one attached hydrogen (secondary N) is 2. The predicted octanol–water partition coefficient (Wildman–Crippen LogP) is 2.87. The number of halogens is 1. The van der Waals surface area contributed by atoms with Gasteiger partial charge in [-0.3, -0.25) is 4.99 Å². The second-order valence-corrected chi connectivity index (χ2v) is 5.74. The van der Waals surface area contributed by atoms with Crippen LogP contribution in [0.15, 0.2) is 52.3 Å². The second-order valence-electron chi connectivity index (χ2n) is 5.74. The van der Waals surface area contributed by atoms with Crippen LogP contribution in [0.1, 0.15) is 17.1 Å². The van der Waals surface area contributed by atoms with Crippen LogP contribution in [0.25, 0.3) is 11.5 Å². The first kappa shape index (κ1) is 20.0. The van der Waals surface area contributed by atoms with Gasteiger partial charge in [0, 0.05) is 32.1 Å². The van der Waals surface area contributed by atoms with Crippen LogP contribution in [0.5, 0.6) is 0 Å². The molecule has 0 spiro atoms. The monoisotopic (exact) mass is 466 g/mol. The Hall–Kier alpha value is -2.36. The van der Waals surface area contributed by atoms with Crippen molar-refractivity contribution < 1.29 is 4.42 Å². The third-order valence-electron chi connectivity index (χ3n) is 3.85. The molecule has 0 radical (unpaired) electrons. The van der Waals surface area contributed by atoms with Gasteiger partial charge in [-0.2, -0.15) is 0 Å². The highest BCUT2D eigenvalue weighted by Crippen LogP contribution is 2.18. The van der Waals surface area contributed by atoms with E-state index in [1.165, 1.54) is 5.56 Å². The molecule has 0 aliphatic heterocycles. The van der Waals surface area contributed by atoms with Crippen molar-refractivity contribution in [3.05, 3.63) is 60.0 Å². The van der Waals surface area contributed by atoms with Gasteiger partial charge in [-0.15, -0.1) is 24.0 Å². The lowest BCUT2D eigenvalue weighted by Crippen LogP contribution is -2.36. The van der Waals surface area contributed by atoms with Crippen LogP contribution >= 0.6 is 24.0 Å². The van der Waals surface area contributed by atoms with Gasteiger partial charge in [0.25, 0.3) is 0 Å². The minimum Gasteiger partial charge on any atom is -0.444 e. The van der Waals surface area contributed by atoms with E-state index in [0.717, 1.165) is 17.1 Å². The SMILES string of the molecule is CN=C(NCc1coc(-c2ccc(C)cc2)n1)NCc1nccn1C.I. The summed E-state index contributed by atoms with van der Waals surface area (Å²) < 4.78 is 7.53. The molecular formula is C18H23IN6O. The molecule has 26 heavy (non-hydrogen) atoms. The zero-order chi connectivity index (χ0) is 17.6. The Morgan fingerprint density at radius 2 is 1.92 bits per heavy atom. The Kier molecular flexibility index (Phi) is 7.19. The third kappa shape index (κ3) is 5.07. The smallest absolute Gasteiger partial charge is 0.226 e. The Bertz CT molecular complexity index is 853. The van der Waals surface area contributed by atoms with E-state index in [9.17, 15) is 0 Å². The van der Waals surface area contributed by atoms with E-state index in [0.29, 0.717) is 24.9 Å². The highest BCUT2D eigenvalue weighted by atomic mass is 127. The summed E-state index contributed by atoms with van der Waals surface area (Å²) in [6.07, 6.45) is 5.35. The average Bonchev–Trinajstić information content (AvgIpc) is 3.25. The van der Waals surface area contributed by atoms with E-state index in [4.69, 9.17) is 4.42 Å². The molecule has 0 bridgehead atoms. The van der Waals surface area contributed by atoms with E-state index >= 15 is 0 Å². The predicted molar refractivity (Wildman–Crippen MR) is 112 cm³/mol. The number of aliphatic imine (C=N–C) groups is 1. The van der Waals surface area contributed by atoms with E-state index in [1.54, 1.807) is 19.5 Å². The molecule has 2 aromatic heterocycles. The zero-order valence-electron chi connectivity index (χ0n) is 15.1. The topological polar surface area (TPSA) is 80.3 Å². The molecule has 0 unspecified atom stereocenters. The second kappa shape index (κ2) is 9.37. The molecule has 0 aliphatic rings. The van der Waals surface area contributed by atoms with Crippen LogP contribution in [0.4, 0.5) is 0 Å². The van der Waals surface area contributed by atoms with Crippen LogP contribution in [0.2, 0.25) is 0 Å². The molecule has 0 fully saturated rings. The van der Waals surface area contributed by atoms with Gasteiger partial charge in [0.2, 0.25) is 5.89 Å². The molecule has 0 amide bonds. The molecule has 0 saturated carbocycles. The van der Waals surface area contributed by atoms with Crippen LogP contribution in [-0.4, -0.2) is 27.5 Å². The summed E-state index contributed by atoms with van der Waals surface area (Å²) >= 11 is 0. The first-order chi connectivity index (χ1) is 12.2. The maximum Gasteiger partial charge on any atom is 0.226 e. The van der Waals surface area contributed by atoms with Gasteiger partial charge >= 0.3 is 0 Å². The van der Waals surface area contributed by atoms with Crippen molar-refractivity contribution in [2.45, 2.75) is 20.0 Å². The molecule has 8 heteroatoms. The van der Waals surface area contributed by atoms with E-state index in [-0.39, 0.29) is 24.0 Å². The Balaban J connectivity index is 0.00000243. The zero-order valence-corrected chi connectivity index (χ0v) is 17.4. The number of nitrogens with zero attached hydrogens (tertiary/aromatic N) is 4. The van der Waals surface area contributed by atoms with Crippen molar-refractivity contribution in [2.75, 3.05) is 7.05 Å². The molecule has 7 nitrogen and oxygen atoms in total. The van der Waals surface area contributed by atoms with Gasteiger partial charge in [-0.05, 0) is 19.1 Å². The van der Waals surface area contributed by atoms with Crippen molar-refractivity contribution >= 4 is 29.9 Å². The number of benzene rings is 1. The van der Waals surface area contributed by atoms with E-state index < -0.39 is 0 Å². The lowest BCUT2D eigenvalue weighted by atomic mass is 10.1. The quantitative estimate of drug-likeness (QED) is 0.344. The Labute approximate surface area is 170 Å². The molecule has 138 valence electrons. The molecule has 0 atom stereocenters. The number of imidazole rings is 1. The molecule has 2 heterocycles. The minimum absolute atomic E-state index is 0. The number of aromatic nitrogens is 3. The van der Waals surface area contributed by atoms with E-state index in [2.05, 4.69) is 32.5 Å². The van der Waals surface area contributed by atoms with Gasteiger partial charge in [-0.25, -0.2) is 9.97 Å². The highest BCUT2D eigenvalue weighted by molar-refractivity contribution is 14.0. The van der Waals surface area contributed by atoms with Gasteiger partial charge in [-0.1, -0.05) is 17.7 Å². The van der Waals surface area contributed by atoms with Crippen LogP contribution < -0.4 is 10.6 Å². The molecule has 3 rings (SSSR count). The van der Waals surface area contributed by atoms with Crippen LogP contribution in [0.3, 0.4) is 0 Å². The van der Waals surface area contributed by atoms with Crippen molar-refractivity contribution in [3.63, 3.8) is 0 Å². The number of hydrogen-bond acceptors (Lipinski definition) is 4. The number of aryl methyl sites for hydroxylation is 2. The van der Waals surface area contributed by atoms with E-state index in [1.807, 2.05) is 42.1 Å². The Morgan fingerprint density at radius 3 is 2.58 bits per heavy atom. The number of oxazole rings is 1. The number of guanidine groups is 1. The largest absolute Gasteiger partial charge is 0.444 e. The summed E-state index contributed by atoms with van der Waals surface area (Å²) in [6, 6.07) is 8.10. The average molecular weight is 466 g/mol. The summed E-state index contributed by atoms with van der Waals surface area (Å²) in [5, 5.41) is 6.45. The summed E-state index contributed by atoms with van der Waals surface area (Å²) in [5.41, 5.74) is 2.99. The summed E-state index contributed by atoms with van der Waals surface area (Å²) in [7, 11) is 3.69. The highest BCUT2D eigenvalue weighted by Gasteiger charge is 2.08. The molecule has 1 aromatic carbocycles. The fraction of sp³-hybridized carbons (Fsp3) is 0.278. The maximum atomic E-state index is 5.57.